The minimum atomic E-state index is -0.355. The average molecular weight is 567 g/mol. The van der Waals surface area contributed by atoms with Crippen molar-refractivity contribution < 1.29 is 18.4 Å². The molecule has 0 spiro atoms. The number of nitrogens with zero attached hydrogens (tertiary/aromatic N) is 3. The summed E-state index contributed by atoms with van der Waals surface area (Å²) in [6.07, 6.45) is 6.49. The molecule has 0 aliphatic heterocycles. The number of rotatable bonds is 12. The van der Waals surface area contributed by atoms with Crippen LogP contribution in [0.1, 0.15) is 54.3 Å². The molecular weight excluding hydrogens is 531 g/mol. The van der Waals surface area contributed by atoms with Crippen molar-refractivity contribution >= 4 is 28.3 Å². The Kier molecular flexibility index (Phi) is 8.81. The van der Waals surface area contributed by atoms with Crippen molar-refractivity contribution in [2.75, 3.05) is 24.5 Å². The topological polar surface area (TPSA) is 80.4 Å². The van der Waals surface area contributed by atoms with E-state index in [1.165, 1.54) is 12.1 Å². The van der Waals surface area contributed by atoms with E-state index in [1.807, 2.05) is 48.0 Å². The molecule has 0 bridgehead atoms. The Bertz CT molecular complexity index is 1690. The number of furan rings is 1. The van der Waals surface area contributed by atoms with E-state index in [4.69, 9.17) is 4.42 Å². The first-order valence-electron chi connectivity index (χ1n) is 14.4. The summed E-state index contributed by atoms with van der Waals surface area (Å²) >= 11 is 0. The Morgan fingerprint density at radius 1 is 1.00 bits per heavy atom. The number of hydrogen-bond donors (Lipinski definition) is 1. The fourth-order valence-electron chi connectivity index (χ4n) is 5.26. The van der Waals surface area contributed by atoms with Gasteiger partial charge in [-0.1, -0.05) is 19.1 Å². The van der Waals surface area contributed by atoms with Crippen LogP contribution in [0.5, 0.6) is 0 Å². The van der Waals surface area contributed by atoms with E-state index in [2.05, 4.69) is 29.0 Å². The number of aryl methyl sites for hydroxylation is 1. The number of benzene rings is 3. The fourth-order valence-corrected chi connectivity index (χ4v) is 5.26. The first-order valence-corrected chi connectivity index (χ1v) is 14.4. The third-order valence-corrected chi connectivity index (χ3v) is 7.49. The number of aromatic nitrogens is 2. The van der Waals surface area contributed by atoms with Crippen molar-refractivity contribution in [2.24, 2.45) is 0 Å². The van der Waals surface area contributed by atoms with Gasteiger partial charge in [0.2, 0.25) is 0 Å². The lowest BCUT2D eigenvalue weighted by Crippen LogP contribution is -2.25. The van der Waals surface area contributed by atoms with Gasteiger partial charge in [-0.15, -0.1) is 0 Å². The molecule has 3 aromatic carbocycles. The maximum atomic E-state index is 13.7. The number of fused-ring (bicyclic) bond motifs is 1. The number of carbonyl (C=O) groups is 2. The van der Waals surface area contributed by atoms with Crippen LogP contribution < -0.4 is 10.2 Å². The van der Waals surface area contributed by atoms with Crippen LogP contribution in [0.25, 0.3) is 33.4 Å². The molecule has 2 aromatic heterocycles. The SMILES string of the molecule is CCC(=O)c1c(-c2ccc(F)cc2)oc2cc(N(CC)CC)c(-c3cccc(C(=O)NCCCn4ccnc4)c3)cc12. The van der Waals surface area contributed by atoms with Gasteiger partial charge in [-0.05, 0) is 68.3 Å². The maximum Gasteiger partial charge on any atom is 0.251 e. The quantitative estimate of drug-likeness (QED) is 0.126. The zero-order chi connectivity index (χ0) is 29.6. The van der Waals surface area contributed by atoms with Crippen molar-refractivity contribution in [3.05, 3.63) is 96.3 Å². The molecule has 7 nitrogen and oxygen atoms in total. The summed E-state index contributed by atoms with van der Waals surface area (Å²) in [5.41, 5.74) is 4.98. The number of anilines is 1. The van der Waals surface area contributed by atoms with Crippen molar-refractivity contribution in [3.63, 3.8) is 0 Å². The first kappa shape index (κ1) is 28.8. The Morgan fingerprint density at radius 3 is 2.48 bits per heavy atom. The van der Waals surface area contributed by atoms with Crippen molar-refractivity contribution in [3.8, 4) is 22.5 Å². The number of imidazole rings is 1. The van der Waals surface area contributed by atoms with Gasteiger partial charge in [-0.25, -0.2) is 9.37 Å². The van der Waals surface area contributed by atoms with Gasteiger partial charge in [0.05, 0.1) is 11.9 Å². The number of nitrogens with one attached hydrogen (secondary N) is 1. The normalized spacial score (nSPS) is 11.1. The number of halogens is 1. The molecule has 42 heavy (non-hydrogen) atoms. The number of hydrogen-bond acceptors (Lipinski definition) is 5. The molecule has 8 heteroatoms. The van der Waals surface area contributed by atoms with Crippen LogP contribution in [0.15, 0.2) is 83.8 Å². The monoisotopic (exact) mass is 566 g/mol. The third kappa shape index (κ3) is 5.98. The summed E-state index contributed by atoms with van der Waals surface area (Å²) in [6, 6.07) is 17.5. The highest BCUT2D eigenvalue weighted by Gasteiger charge is 2.24. The number of ketones is 1. The van der Waals surface area contributed by atoms with Crippen LogP contribution >= 0.6 is 0 Å². The molecular formula is C34H35FN4O3. The molecule has 0 radical (unpaired) electrons. The van der Waals surface area contributed by atoms with E-state index in [0.29, 0.717) is 46.4 Å². The molecule has 2 heterocycles. The van der Waals surface area contributed by atoms with Crippen LogP contribution in [0.4, 0.5) is 10.1 Å². The van der Waals surface area contributed by atoms with E-state index in [1.54, 1.807) is 30.7 Å². The van der Waals surface area contributed by atoms with Gasteiger partial charge in [0, 0.05) is 78.8 Å². The molecule has 5 aromatic rings. The molecule has 0 saturated heterocycles. The molecule has 0 saturated carbocycles. The first-order chi connectivity index (χ1) is 20.4. The Hall–Kier alpha value is -4.72. The fraction of sp³-hybridized carbons (Fsp3) is 0.265. The Labute approximate surface area is 245 Å². The van der Waals surface area contributed by atoms with E-state index in [-0.39, 0.29) is 17.5 Å². The van der Waals surface area contributed by atoms with E-state index < -0.39 is 0 Å². The van der Waals surface area contributed by atoms with Gasteiger partial charge >= 0.3 is 0 Å². The minimum Gasteiger partial charge on any atom is -0.455 e. The minimum absolute atomic E-state index is 0.0570. The molecule has 1 amide bonds. The molecule has 0 aliphatic rings. The van der Waals surface area contributed by atoms with Crippen LogP contribution in [0, 0.1) is 5.82 Å². The summed E-state index contributed by atoms with van der Waals surface area (Å²) in [5, 5.41) is 3.71. The molecule has 0 atom stereocenters. The van der Waals surface area contributed by atoms with Gasteiger partial charge in [0.15, 0.2) is 5.78 Å². The van der Waals surface area contributed by atoms with Crippen LogP contribution in [-0.2, 0) is 6.54 Å². The summed E-state index contributed by atoms with van der Waals surface area (Å²) in [6.45, 7) is 8.83. The molecule has 0 unspecified atom stereocenters. The van der Waals surface area contributed by atoms with Gasteiger partial charge < -0.3 is 19.2 Å². The largest absolute Gasteiger partial charge is 0.455 e. The second kappa shape index (κ2) is 12.9. The van der Waals surface area contributed by atoms with Crippen LogP contribution in [0.3, 0.4) is 0 Å². The highest BCUT2D eigenvalue weighted by molar-refractivity contribution is 6.13. The van der Waals surface area contributed by atoms with E-state index in [0.717, 1.165) is 42.9 Å². The standard InChI is InChI=1S/C34H35FN4O3/c1-4-30(40)32-28-20-27(24-9-7-10-25(19-24)34(41)37-15-8-17-38-18-16-36-22-38)29(39(5-2)6-3)21-31(28)42-33(32)23-11-13-26(35)14-12-23/h7,9-14,16,18-22H,4-6,8,15,17H2,1-3H3,(H,37,41). The Morgan fingerprint density at radius 2 is 1.79 bits per heavy atom. The van der Waals surface area contributed by atoms with E-state index >= 15 is 0 Å². The predicted octanol–water partition coefficient (Wildman–Crippen LogP) is 7.36. The number of amides is 1. The molecule has 0 fully saturated rings. The zero-order valence-electron chi connectivity index (χ0n) is 24.2. The van der Waals surface area contributed by atoms with Crippen molar-refractivity contribution in [1.82, 2.24) is 14.9 Å². The van der Waals surface area contributed by atoms with Crippen LogP contribution in [0.2, 0.25) is 0 Å². The summed E-state index contributed by atoms with van der Waals surface area (Å²) in [4.78, 5) is 32.6. The van der Waals surface area contributed by atoms with E-state index in [9.17, 15) is 14.0 Å². The van der Waals surface area contributed by atoms with Gasteiger partial charge in [-0.2, -0.15) is 0 Å². The lowest BCUT2D eigenvalue weighted by molar-refractivity contribution is 0.0951. The second-order valence-corrected chi connectivity index (χ2v) is 10.1. The smallest absolute Gasteiger partial charge is 0.251 e. The van der Waals surface area contributed by atoms with Gasteiger partial charge in [-0.3, -0.25) is 9.59 Å². The highest BCUT2D eigenvalue weighted by atomic mass is 19.1. The lowest BCUT2D eigenvalue weighted by Gasteiger charge is -2.24. The number of Topliss-reactive ketones (excluding diaryl/α,β-unsaturated/α-hetero) is 1. The molecule has 0 aliphatic carbocycles. The van der Waals surface area contributed by atoms with Crippen molar-refractivity contribution in [1.29, 1.82) is 0 Å². The molecule has 216 valence electrons. The Balaban J connectivity index is 1.55. The van der Waals surface area contributed by atoms with Crippen LogP contribution in [-0.4, -0.2) is 40.9 Å². The third-order valence-electron chi connectivity index (χ3n) is 7.49. The van der Waals surface area contributed by atoms with Gasteiger partial charge in [0.1, 0.15) is 17.2 Å². The van der Waals surface area contributed by atoms with Gasteiger partial charge in [0.25, 0.3) is 5.91 Å². The highest BCUT2D eigenvalue weighted by Crippen LogP contribution is 2.41. The summed E-state index contributed by atoms with van der Waals surface area (Å²) in [5.74, 6) is -0.120. The molecule has 1 N–H and O–H groups in total. The summed E-state index contributed by atoms with van der Waals surface area (Å²) in [7, 11) is 0. The maximum absolute atomic E-state index is 13.7. The molecule has 5 rings (SSSR count). The zero-order valence-corrected chi connectivity index (χ0v) is 24.2. The second-order valence-electron chi connectivity index (χ2n) is 10.1. The lowest BCUT2D eigenvalue weighted by atomic mass is 9.95. The summed E-state index contributed by atoms with van der Waals surface area (Å²) < 4.78 is 22.0. The van der Waals surface area contributed by atoms with Crippen molar-refractivity contribution in [2.45, 2.75) is 40.2 Å². The number of carbonyl (C=O) groups excluding carboxylic acids is 2. The predicted molar refractivity (Wildman–Crippen MR) is 164 cm³/mol. The average Bonchev–Trinajstić information content (AvgIpc) is 3.67.